The van der Waals surface area contributed by atoms with E-state index in [2.05, 4.69) is 73.9 Å². The highest BCUT2D eigenvalue weighted by Crippen LogP contribution is 2.25. The zero-order valence-corrected chi connectivity index (χ0v) is 14.9. The van der Waals surface area contributed by atoms with E-state index in [-0.39, 0.29) is 0 Å². The molecule has 0 saturated heterocycles. The fourth-order valence-corrected chi connectivity index (χ4v) is 3.60. The smallest absolute Gasteiger partial charge is 0.0243 e. The second kappa shape index (κ2) is 7.63. The molecule has 0 spiro atoms. The molecular formula is C23H27N. The third-order valence-corrected chi connectivity index (χ3v) is 4.90. The molecule has 1 heteroatoms. The molecule has 0 saturated carbocycles. The Morgan fingerprint density at radius 1 is 1.17 bits per heavy atom. The van der Waals surface area contributed by atoms with E-state index in [4.69, 9.17) is 0 Å². The summed E-state index contributed by atoms with van der Waals surface area (Å²) in [5, 5.41) is 0. The molecule has 0 aromatic heterocycles. The van der Waals surface area contributed by atoms with Crippen molar-refractivity contribution in [2.75, 3.05) is 6.54 Å². The average molecular weight is 317 g/mol. The molecule has 0 bridgehead atoms. The van der Waals surface area contributed by atoms with Crippen molar-refractivity contribution in [1.82, 2.24) is 4.90 Å². The maximum atomic E-state index is 3.90. The average Bonchev–Trinajstić information content (AvgIpc) is 2.61. The monoisotopic (exact) mass is 317 g/mol. The van der Waals surface area contributed by atoms with Crippen LogP contribution >= 0.6 is 0 Å². The minimum atomic E-state index is 1.02. The Balaban J connectivity index is 1.80. The Morgan fingerprint density at radius 3 is 2.79 bits per heavy atom. The normalized spacial score (nSPS) is 15.2. The Morgan fingerprint density at radius 2 is 2.00 bits per heavy atom. The van der Waals surface area contributed by atoms with Crippen LogP contribution in [0.25, 0.3) is 11.6 Å². The lowest BCUT2D eigenvalue weighted by molar-refractivity contribution is 0.245. The molecule has 0 N–H and O–H groups in total. The number of rotatable bonds is 5. The van der Waals surface area contributed by atoms with E-state index in [1.807, 2.05) is 6.08 Å². The molecule has 124 valence electrons. The quantitative estimate of drug-likeness (QED) is 0.683. The van der Waals surface area contributed by atoms with Gasteiger partial charge in [-0.2, -0.15) is 0 Å². The van der Waals surface area contributed by atoms with Crippen molar-refractivity contribution in [3.05, 3.63) is 82.9 Å². The first-order chi connectivity index (χ1) is 11.7. The maximum absolute atomic E-state index is 3.90. The molecule has 3 rings (SSSR count). The Labute approximate surface area is 146 Å². The molecule has 2 aromatic carbocycles. The van der Waals surface area contributed by atoms with Gasteiger partial charge in [0.2, 0.25) is 0 Å². The lowest BCUT2D eigenvalue weighted by Gasteiger charge is -2.29. The number of hydrogen-bond donors (Lipinski definition) is 0. The first-order valence-electron chi connectivity index (χ1n) is 8.93. The number of nitrogens with zero attached hydrogens (tertiary/aromatic N) is 1. The lowest BCUT2D eigenvalue weighted by atomic mass is 9.95. The number of allylic oxidation sites excluding steroid dienone is 2. The summed E-state index contributed by atoms with van der Waals surface area (Å²) in [5.41, 5.74) is 8.38. The maximum Gasteiger partial charge on any atom is 0.0243 e. The molecule has 0 aliphatic carbocycles. The Hall–Kier alpha value is -2.12. The zero-order chi connectivity index (χ0) is 16.9. The minimum absolute atomic E-state index is 1.02. The predicted octanol–water partition coefficient (Wildman–Crippen LogP) is 5.70. The van der Waals surface area contributed by atoms with Crippen LogP contribution in [0.15, 0.2) is 55.1 Å². The summed E-state index contributed by atoms with van der Waals surface area (Å²) >= 11 is 0. The zero-order valence-electron chi connectivity index (χ0n) is 14.9. The van der Waals surface area contributed by atoms with Crippen molar-refractivity contribution < 1.29 is 0 Å². The summed E-state index contributed by atoms with van der Waals surface area (Å²) in [5.74, 6) is 0. The van der Waals surface area contributed by atoms with Gasteiger partial charge in [-0.1, -0.05) is 68.1 Å². The van der Waals surface area contributed by atoms with Crippen molar-refractivity contribution >= 4 is 11.6 Å². The largest absolute Gasteiger partial charge is 0.294 e. The van der Waals surface area contributed by atoms with Gasteiger partial charge in [0, 0.05) is 19.6 Å². The Kier molecular flexibility index (Phi) is 5.32. The van der Waals surface area contributed by atoms with Crippen molar-refractivity contribution in [3.63, 3.8) is 0 Å². The van der Waals surface area contributed by atoms with Crippen LogP contribution in [0.3, 0.4) is 0 Å². The third kappa shape index (κ3) is 3.68. The van der Waals surface area contributed by atoms with E-state index < -0.39 is 0 Å². The molecule has 1 aliphatic rings. The molecule has 1 aliphatic heterocycles. The van der Waals surface area contributed by atoms with Crippen LogP contribution in [0.5, 0.6) is 0 Å². The van der Waals surface area contributed by atoms with E-state index >= 15 is 0 Å². The molecule has 1 nitrogen and oxygen atoms in total. The Bertz CT molecular complexity index is 754. The van der Waals surface area contributed by atoms with Crippen LogP contribution in [0.1, 0.15) is 48.1 Å². The fraction of sp³-hybridized carbons (Fsp3) is 0.304. The molecule has 0 fully saturated rings. The van der Waals surface area contributed by atoms with Gasteiger partial charge < -0.3 is 0 Å². The lowest BCUT2D eigenvalue weighted by Crippen LogP contribution is -2.30. The number of benzene rings is 2. The second-order valence-electron chi connectivity index (χ2n) is 6.65. The van der Waals surface area contributed by atoms with Gasteiger partial charge in [0.05, 0.1) is 0 Å². The van der Waals surface area contributed by atoms with Gasteiger partial charge in [0.15, 0.2) is 0 Å². The van der Waals surface area contributed by atoms with E-state index in [0.29, 0.717) is 0 Å². The molecule has 24 heavy (non-hydrogen) atoms. The SMILES string of the molecule is C=Cc1ccc2c(c1)CN(Cc1ccccc1/C(C)=C\CC)CC2. The van der Waals surface area contributed by atoms with Crippen molar-refractivity contribution in [1.29, 1.82) is 0 Å². The van der Waals surface area contributed by atoms with Crippen LogP contribution in [-0.4, -0.2) is 11.4 Å². The molecule has 0 unspecified atom stereocenters. The van der Waals surface area contributed by atoms with E-state index in [9.17, 15) is 0 Å². The van der Waals surface area contributed by atoms with Gasteiger partial charge in [-0.05, 0) is 53.2 Å². The minimum Gasteiger partial charge on any atom is -0.294 e. The van der Waals surface area contributed by atoms with Gasteiger partial charge in [0.1, 0.15) is 0 Å². The summed E-state index contributed by atoms with van der Waals surface area (Å²) in [7, 11) is 0. The van der Waals surface area contributed by atoms with Crippen LogP contribution < -0.4 is 0 Å². The van der Waals surface area contributed by atoms with Gasteiger partial charge in [-0.15, -0.1) is 0 Å². The van der Waals surface area contributed by atoms with Gasteiger partial charge in [0.25, 0.3) is 0 Å². The van der Waals surface area contributed by atoms with Gasteiger partial charge in [-0.25, -0.2) is 0 Å². The summed E-state index contributed by atoms with van der Waals surface area (Å²) in [4.78, 5) is 2.56. The van der Waals surface area contributed by atoms with Gasteiger partial charge >= 0.3 is 0 Å². The molecule has 1 heterocycles. The van der Waals surface area contributed by atoms with Crippen molar-refractivity contribution in [2.24, 2.45) is 0 Å². The van der Waals surface area contributed by atoms with Crippen molar-refractivity contribution in [2.45, 2.75) is 39.8 Å². The van der Waals surface area contributed by atoms with Crippen molar-refractivity contribution in [3.8, 4) is 0 Å². The molecule has 0 amide bonds. The van der Waals surface area contributed by atoms with E-state index in [1.165, 1.54) is 33.4 Å². The number of hydrogen-bond acceptors (Lipinski definition) is 1. The molecule has 0 atom stereocenters. The first-order valence-corrected chi connectivity index (χ1v) is 8.93. The van der Waals surface area contributed by atoms with E-state index in [1.54, 1.807) is 0 Å². The topological polar surface area (TPSA) is 3.24 Å². The summed E-state index contributed by atoms with van der Waals surface area (Å²) in [6.45, 7) is 11.5. The second-order valence-corrected chi connectivity index (χ2v) is 6.65. The van der Waals surface area contributed by atoms with Crippen LogP contribution in [0.2, 0.25) is 0 Å². The summed E-state index contributed by atoms with van der Waals surface area (Å²) < 4.78 is 0. The summed E-state index contributed by atoms with van der Waals surface area (Å²) in [6.07, 6.45) is 6.48. The standard InChI is InChI=1S/C23H27N/c1-4-8-18(3)23-10-7-6-9-21(23)16-24-14-13-20-12-11-19(5-2)15-22(20)17-24/h5-12,15H,2,4,13-14,16-17H2,1,3H3/b18-8-. The molecule has 0 radical (unpaired) electrons. The van der Waals surface area contributed by atoms with E-state index in [0.717, 1.165) is 32.5 Å². The highest BCUT2D eigenvalue weighted by molar-refractivity contribution is 5.66. The highest BCUT2D eigenvalue weighted by atomic mass is 15.1. The predicted molar refractivity (Wildman–Crippen MR) is 105 cm³/mol. The first kappa shape index (κ1) is 16.7. The fourth-order valence-electron chi connectivity index (χ4n) is 3.60. The molecule has 2 aromatic rings. The summed E-state index contributed by atoms with van der Waals surface area (Å²) in [6, 6.07) is 15.6. The van der Waals surface area contributed by atoms with Gasteiger partial charge in [-0.3, -0.25) is 4.90 Å². The third-order valence-electron chi connectivity index (χ3n) is 4.90. The highest BCUT2D eigenvalue weighted by Gasteiger charge is 2.17. The van der Waals surface area contributed by atoms with Crippen LogP contribution in [0, 0.1) is 0 Å². The molecular weight excluding hydrogens is 290 g/mol. The number of fused-ring (bicyclic) bond motifs is 1. The van der Waals surface area contributed by atoms with Crippen LogP contribution in [-0.2, 0) is 19.5 Å². The van der Waals surface area contributed by atoms with Crippen LogP contribution in [0.4, 0.5) is 0 Å².